The van der Waals surface area contributed by atoms with Crippen LogP contribution in [-0.4, -0.2) is 15.0 Å². The fourth-order valence-electron chi connectivity index (χ4n) is 4.74. The maximum atomic E-state index is 12.8. The Morgan fingerprint density at radius 3 is 2.04 bits per heavy atom. The maximum Gasteiger partial charge on any atom is 0.297 e. The van der Waals surface area contributed by atoms with Crippen molar-refractivity contribution in [3.63, 3.8) is 0 Å². The number of fused-ring (bicyclic) bond motifs is 8. The quantitative estimate of drug-likeness (QED) is 0.628. The van der Waals surface area contributed by atoms with Gasteiger partial charge in [0.05, 0.1) is 11.5 Å². The van der Waals surface area contributed by atoms with Crippen LogP contribution in [0.5, 0.6) is 0 Å². The fourth-order valence-corrected chi connectivity index (χ4v) is 5.70. The zero-order valence-corrected chi connectivity index (χ0v) is 15.9. The Hall–Kier alpha value is -2.43. The number of rotatable bonds is 4. The molecule has 5 rings (SSSR count). The van der Waals surface area contributed by atoms with Gasteiger partial charge in [0.25, 0.3) is 10.1 Å². The second-order valence-electron chi connectivity index (χ2n) is 7.54. The molecule has 3 aromatic carbocycles. The van der Waals surface area contributed by atoms with Gasteiger partial charge >= 0.3 is 0 Å². The second kappa shape index (κ2) is 5.78. The van der Waals surface area contributed by atoms with Crippen molar-refractivity contribution in [2.24, 2.45) is 0 Å². The van der Waals surface area contributed by atoms with Gasteiger partial charge in [-0.05, 0) is 47.7 Å². The highest BCUT2D eigenvalue weighted by molar-refractivity contribution is 7.86. The molecule has 0 N–H and O–H groups in total. The molecule has 27 heavy (non-hydrogen) atoms. The molecular formula is C23H20O3S. The number of hydrogen-bond donors (Lipinski definition) is 0. The van der Waals surface area contributed by atoms with Gasteiger partial charge in [-0.2, -0.15) is 8.42 Å². The molecule has 0 saturated carbocycles. The van der Waals surface area contributed by atoms with Crippen LogP contribution >= 0.6 is 0 Å². The average Bonchev–Trinajstić information content (AvgIpc) is 3.20. The summed E-state index contributed by atoms with van der Waals surface area (Å²) < 4.78 is 31.2. The average molecular weight is 376 g/mol. The van der Waals surface area contributed by atoms with Gasteiger partial charge in [0.2, 0.25) is 0 Å². The van der Waals surface area contributed by atoms with Gasteiger partial charge < -0.3 is 0 Å². The van der Waals surface area contributed by atoms with Crippen LogP contribution in [0.1, 0.15) is 40.2 Å². The summed E-state index contributed by atoms with van der Waals surface area (Å²) in [5.41, 5.74) is 5.63. The van der Waals surface area contributed by atoms with Crippen LogP contribution in [0.25, 0.3) is 0 Å². The molecule has 136 valence electrons. The van der Waals surface area contributed by atoms with Crippen molar-refractivity contribution in [2.45, 2.75) is 29.6 Å². The minimum Gasteiger partial charge on any atom is -0.265 e. The molecule has 2 aliphatic carbocycles. The summed E-state index contributed by atoms with van der Waals surface area (Å²) in [5, 5.41) is 0. The Balaban J connectivity index is 1.55. The number of benzene rings is 3. The van der Waals surface area contributed by atoms with Crippen LogP contribution < -0.4 is 0 Å². The molecule has 0 radical (unpaired) electrons. The van der Waals surface area contributed by atoms with E-state index in [0.29, 0.717) is 5.92 Å². The summed E-state index contributed by atoms with van der Waals surface area (Å²) in [6, 6.07) is 23.5. The van der Waals surface area contributed by atoms with Gasteiger partial charge in [0.1, 0.15) is 0 Å². The first-order valence-corrected chi connectivity index (χ1v) is 10.6. The maximum absolute atomic E-state index is 12.8. The normalized spacial score (nSPS) is 22.5. The van der Waals surface area contributed by atoms with Crippen LogP contribution in [0.15, 0.2) is 77.7 Å². The Kier molecular flexibility index (Phi) is 3.58. The molecule has 0 heterocycles. The summed E-state index contributed by atoms with van der Waals surface area (Å²) in [4.78, 5) is 0.207. The van der Waals surface area contributed by atoms with E-state index in [-0.39, 0.29) is 11.5 Å². The smallest absolute Gasteiger partial charge is 0.265 e. The first-order valence-electron chi connectivity index (χ1n) is 9.16. The van der Waals surface area contributed by atoms with Crippen molar-refractivity contribution in [3.05, 3.63) is 101 Å². The summed E-state index contributed by atoms with van der Waals surface area (Å²) in [7, 11) is -3.80. The summed E-state index contributed by atoms with van der Waals surface area (Å²) in [6.45, 7) is 2.06. The van der Waals surface area contributed by atoms with Gasteiger partial charge in [-0.15, -0.1) is 0 Å². The van der Waals surface area contributed by atoms with Crippen molar-refractivity contribution in [1.82, 2.24) is 0 Å². The molecule has 2 aliphatic rings. The van der Waals surface area contributed by atoms with Gasteiger partial charge in [-0.3, -0.25) is 4.18 Å². The molecule has 0 aromatic heterocycles. The SMILES string of the molecule is Cc1ccc(S(=O)(=O)OCC23CC(c4ccccc42)c2ccccc23)cc1. The Bertz CT molecular complexity index is 1080. The minimum atomic E-state index is -3.80. The standard InChI is InChI=1S/C23H20O3S/c1-16-10-12-17(13-11-16)27(24,25)26-15-23-14-20(18-6-2-4-8-21(18)23)19-7-3-5-9-22(19)23/h2-13,20H,14-15H2,1H3. The molecule has 0 fully saturated rings. The van der Waals surface area contributed by atoms with E-state index in [1.54, 1.807) is 24.3 Å². The van der Waals surface area contributed by atoms with Gasteiger partial charge in [0, 0.05) is 11.3 Å². The highest BCUT2D eigenvalue weighted by Crippen LogP contribution is 2.60. The van der Waals surface area contributed by atoms with Crippen LogP contribution in [0.4, 0.5) is 0 Å². The van der Waals surface area contributed by atoms with E-state index in [4.69, 9.17) is 4.18 Å². The van der Waals surface area contributed by atoms with Gasteiger partial charge in [0.15, 0.2) is 0 Å². The van der Waals surface area contributed by atoms with E-state index in [1.165, 1.54) is 22.3 Å². The third kappa shape index (κ3) is 2.40. The number of hydrogen-bond acceptors (Lipinski definition) is 3. The molecule has 3 aromatic rings. The van der Waals surface area contributed by atoms with Crippen molar-refractivity contribution < 1.29 is 12.6 Å². The first-order chi connectivity index (χ1) is 13.0. The molecule has 0 amide bonds. The van der Waals surface area contributed by atoms with Gasteiger partial charge in [-0.1, -0.05) is 66.2 Å². The van der Waals surface area contributed by atoms with E-state index in [0.717, 1.165) is 12.0 Å². The topological polar surface area (TPSA) is 43.4 Å². The van der Waals surface area contributed by atoms with E-state index >= 15 is 0 Å². The van der Waals surface area contributed by atoms with E-state index in [1.807, 2.05) is 19.1 Å². The lowest BCUT2D eigenvalue weighted by atomic mass is 9.76. The lowest BCUT2D eigenvalue weighted by molar-refractivity contribution is 0.251. The van der Waals surface area contributed by atoms with E-state index in [2.05, 4.69) is 36.4 Å². The predicted molar refractivity (Wildman–Crippen MR) is 104 cm³/mol. The lowest BCUT2D eigenvalue weighted by Gasteiger charge is -2.30. The molecule has 0 saturated heterocycles. The summed E-state index contributed by atoms with van der Waals surface area (Å²) in [5.74, 6) is 0.322. The lowest BCUT2D eigenvalue weighted by Crippen LogP contribution is -2.31. The zero-order valence-electron chi connectivity index (χ0n) is 15.1. The first kappa shape index (κ1) is 16.7. The third-order valence-electron chi connectivity index (χ3n) is 6.03. The fraction of sp³-hybridized carbons (Fsp3) is 0.217. The van der Waals surface area contributed by atoms with Crippen molar-refractivity contribution >= 4 is 10.1 Å². The summed E-state index contributed by atoms with van der Waals surface area (Å²) >= 11 is 0. The van der Waals surface area contributed by atoms with Crippen LogP contribution in [-0.2, 0) is 19.7 Å². The molecule has 0 atom stereocenters. The van der Waals surface area contributed by atoms with Crippen LogP contribution in [0.3, 0.4) is 0 Å². The third-order valence-corrected chi connectivity index (χ3v) is 7.30. The molecule has 3 nitrogen and oxygen atoms in total. The van der Waals surface area contributed by atoms with Gasteiger partial charge in [-0.25, -0.2) is 0 Å². The largest absolute Gasteiger partial charge is 0.297 e. The zero-order chi connectivity index (χ0) is 18.6. The molecule has 0 spiro atoms. The van der Waals surface area contributed by atoms with E-state index in [9.17, 15) is 8.42 Å². The van der Waals surface area contributed by atoms with Crippen molar-refractivity contribution in [3.8, 4) is 0 Å². The molecule has 4 heteroatoms. The molecular weight excluding hydrogens is 356 g/mol. The highest BCUT2D eigenvalue weighted by atomic mass is 32.2. The van der Waals surface area contributed by atoms with Crippen molar-refractivity contribution in [1.29, 1.82) is 0 Å². The molecule has 0 aliphatic heterocycles. The monoisotopic (exact) mass is 376 g/mol. The summed E-state index contributed by atoms with van der Waals surface area (Å²) in [6.07, 6.45) is 0.870. The molecule has 0 unspecified atom stereocenters. The van der Waals surface area contributed by atoms with Crippen LogP contribution in [0.2, 0.25) is 0 Å². The van der Waals surface area contributed by atoms with E-state index < -0.39 is 15.5 Å². The Morgan fingerprint density at radius 2 is 1.44 bits per heavy atom. The van der Waals surface area contributed by atoms with Crippen LogP contribution in [0, 0.1) is 6.92 Å². The Morgan fingerprint density at radius 1 is 0.889 bits per heavy atom. The molecule has 2 bridgehead atoms. The highest BCUT2D eigenvalue weighted by Gasteiger charge is 2.53. The number of aryl methyl sites for hydroxylation is 1. The van der Waals surface area contributed by atoms with Crippen molar-refractivity contribution in [2.75, 3.05) is 6.61 Å². The minimum absolute atomic E-state index is 0.133. The predicted octanol–water partition coefficient (Wildman–Crippen LogP) is 4.54. The second-order valence-corrected chi connectivity index (χ2v) is 9.16. The Labute approximate surface area is 159 Å².